The SMILES string of the molecule is CCC(CC)(CO)NS(=O)(=O)c1cc(C(=O)O)ccc1Cl. The molecule has 8 heteroatoms. The number of carbonyl (C=O) groups is 1. The van der Waals surface area contributed by atoms with Crippen LogP contribution < -0.4 is 4.72 Å². The van der Waals surface area contributed by atoms with E-state index in [1.54, 1.807) is 13.8 Å². The molecule has 0 aromatic heterocycles. The number of carboxylic acid groups (broad SMARTS) is 1. The number of halogens is 1. The summed E-state index contributed by atoms with van der Waals surface area (Å²) in [6, 6.07) is 3.45. The molecule has 21 heavy (non-hydrogen) atoms. The Morgan fingerprint density at radius 1 is 1.33 bits per heavy atom. The maximum absolute atomic E-state index is 12.4. The van der Waals surface area contributed by atoms with Crippen molar-refractivity contribution in [2.45, 2.75) is 37.1 Å². The molecule has 6 nitrogen and oxygen atoms in total. The van der Waals surface area contributed by atoms with Gasteiger partial charge in [-0.05, 0) is 31.0 Å². The van der Waals surface area contributed by atoms with Crippen LogP contribution in [-0.4, -0.2) is 36.7 Å². The molecule has 0 atom stereocenters. The molecule has 0 aliphatic heterocycles. The number of sulfonamides is 1. The monoisotopic (exact) mass is 335 g/mol. The molecule has 1 rings (SSSR count). The van der Waals surface area contributed by atoms with Crippen molar-refractivity contribution in [3.8, 4) is 0 Å². The average Bonchev–Trinajstić information content (AvgIpc) is 2.45. The highest BCUT2D eigenvalue weighted by Gasteiger charge is 2.32. The summed E-state index contributed by atoms with van der Waals surface area (Å²) in [6.07, 6.45) is 0.769. The van der Waals surface area contributed by atoms with Crippen LogP contribution in [0, 0.1) is 0 Å². The zero-order valence-corrected chi connectivity index (χ0v) is 13.3. The molecule has 1 aromatic carbocycles. The van der Waals surface area contributed by atoms with Gasteiger partial charge in [0.15, 0.2) is 0 Å². The predicted molar refractivity (Wildman–Crippen MR) is 79.1 cm³/mol. The number of aromatic carboxylic acids is 1. The summed E-state index contributed by atoms with van der Waals surface area (Å²) >= 11 is 5.87. The van der Waals surface area contributed by atoms with E-state index in [0.29, 0.717) is 12.8 Å². The maximum Gasteiger partial charge on any atom is 0.335 e. The quantitative estimate of drug-likeness (QED) is 0.705. The van der Waals surface area contributed by atoms with Crippen LogP contribution in [0.25, 0.3) is 0 Å². The topological polar surface area (TPSA) is 104 Å². The third-order valence-electron chi connectivity index (χ3n) is 3.47. The molecule has 0 radical (unpaired) electrons. The second-order valence-electron chi connectivity index (χ2n) is 4.70. The molecule has 0 heterocycles. The zero-order chi connectivity index (χ0) is 16.3. The van der Waals surface area contributed by atoms with Gasteiger partial charge in [0.25, 0.3) is 0 Å². The third kappa shape index (κ3) is 3.94. The van der Waals surface area contributed by atoms with E-state index in [0.717, 1.165) is 6.07 Å². The van der Waals surface area contributed by atoms with Crippen LogP contribution in [0.1, 0.15) is 37.0 Å². The Bertz CT molecular complexity index is 617. The fraction of sp³-hybridized carbons (Fsp3) is 0.462. The first-order valence-electron chi connectivity index (χ1n) is 6.39. The van der Waals surface area contributed by atoms with Crippen molar-refractivity contribution in [1.29, 1.82) is 0 Å². The van der Waals surface area contributed by atoms with E-state index in [4.69, 9.17) is 16.7 Å². The minimum atomic E-state index is -4.05. The Hall–Kier alpha value is -1.15. The highest BCUT2D eigenvalue weighted by molar-refractivity contribution is 7.89. The molecule has 0 saturated carbocycles. The van der Waals surface area contributed by atoms with Gasteiger partial charge in [-0.1, -0.05) is 25.4 Å². The summed E-state index contributed by atoms with van der Waals surface area (Å²) in [6.45, 7) is 3.13. The van der Waals surface area contributed by atoms with E-state index < -0.39 is 21.5 Å². The maximum atomic E-state index is 12.4. The van der Waals surface area contributed by atoms with Gasteiger partial charge in [-0.25, -0.2) is 17.9 Å². The number of nitrogens with one attached hydrogen (secondary N) is 1. The van der Waals surface area contributed by atoms with E-state index in [2.05, 4.69) is 4.72 Å². The van der Waals surface area contributed by atoms with Crippen molar-refractivity contribution >= 4 is 27.6 Å². The first kappa shape index (κ1) is 17.9. The van der Waals surface area contributed by atoms with Crippen molar-refractivity contribution in [3.63, 3.8) is 0 Å². The Kier molecular flexibility index (Phi) is 5.75. The number of benzene rings is 1. The lowest BCUT2D eigenvalue weighted by Gasteiger charge is -2.30. The minimum Gasteiger partial charge on any atom is -0.478 e. The number of aliphatic hydroxyl groups excluding tert-OH is 1. The predicted octanol–water partition coefficient (Wildman–Crippen LogP) is 1.87. The third-order valence-corrected chi connectivity index (χ3v) is 5.53. The number of rotatable bonds is 7. The molecule has 0 bridgehead atoms. The summed E-state index contributed by atoms with van der Waals surface area (Å²) in [5.74, 6) is -1.25. The number of carboxylic acids is 1. The van der Waals surface area contributed by atoms with Gasteiger partial charge >= 0.3 is 5.97 Å². The Morgan fingerprint density at radius 3 is 2.33 bits per heavy atom. The molecule has 0 amide bonds. The van der Waals surface area contributed by atoms with Gasteiger partial charge in [0, 0.05) is 0 Å². The smallest absolute Gasteiger partial charge is 0.335 e. The van der Waals surface area contributed by atoms with Gasteiger partial charge in [-0.3, -0.25) is 0 Å². The lowest BCUT2D eigenvalue weighted by atomic mass is 9.96. The van der Waals surface area contributed by atoms with Gasteiger partial charge < -0.3 is 10.2 Å². The van der Waals surface area contributed by atoms with E-state index >= 15 is 0 Å². The second kappa shape index (κ2) is 6.74. The number of hydrogen-bond acceptors (Lipinski definition) is 4. The van der Waals surface area contributed by atoms with Crippen LogP contribution in [0.2, 0.25) is 5.02 Å². The normalized spacial score (nSPS) is 12.4. The van der Waals surface area contributed by atoms with Gasteiger partial charge in [0.2, 0.25) is 10.0 Å². The molecule has 0 aliphatic rings. The molecule has 0 aliphatic carbocycles. The van der Waals surface area contributed by atoms with Crippen molar-refractivity contribution in [3.05, 3.63) is 28.8 Å². The van der Waals surface area contributed by atoms with E-state index in [1.807, 2.05) is 0 Å². The summed E-state index contributed by atoms with van der Waals surface area (Å²) < 4.78 is 27.3. The minimum absolute atomic E-state index is 0.0773. The first-order valence-corrected chi connectivity index (χ1v) is 8.25. The molecule has 0 spiro atoms. The van der Waals surface area contributed by atoms with Crippen LogP contribution in [0.4, 0.5) is 0 Å². The van der Waals surface area contributed by atoms with Crippen LogP contribution in [0.3, 0.4) is 0 Å². The van der Waals surface area contributed by atoms with E-state index in [-0.39, 0.29) is 22.1 Å². The lowest BCUT2D eigenvalue weighted by Crippen LogP contribution is -2.50. The van der Waals surface area contributed by atoms with Crippen molar-refractivity contribution in [1.82, 2.24) is 4.72 Å². The van der Waals surface area contributed by atoms with E-state index in [9.17, 15) is 18.3 Å². The largest absolute Gasteiger partial charge is 0.478 e. The Morgan fingerprint density at radius 2 is 1.90 bits per heavy atom. The summed E-state index contributed by atoms with van der Waals surface area (Å²) in [7, 11) is -4.05. The van der Waals surface area contributed by atoms with Crippen molar-refractivity contribution in [2.75, 3.05) is 6.61 Å². The van der Waals surface area contributed by atoms with Crippen LogP contribution in [0.15, 0.2) is 23.1 Å². The summed E-state index contributed by atoms with van der Waals surface area (Å²) in [5, 5.41) is 18.3. The van der Waals surface area contributed by atoms with Gasteiger partial charge in [-0.15, -0.1) is 0 Å². The molecular formula is C13H18ClNO5S. The molecule has 0 saturated heterocycles. The van der Waals surface area contributed by atoms with Gasteiger partial charge in [-0.2, -0.15) is 0 Å². The summed E-state index contributed by atoms with van der Waals surface area (Å²) in [5.41, 5.74) is -1.18. The first-order chi connectivity index (χ1) is 9.71. The lowest BCUT2D eigenvalue weighted by molar-refractivity contribution is 0.0696. The highest BCUT2D eigenvalue weighted by atomic mass is 35.5. The Balaban J connectivity index is 3.31. The molecular weight excluding hydrogens is 318 g/mol. The van der Waals surface area contributed by atoms with Crippen LogP contribution in [0.5, 0.6) is 0 Å². The van der Waals surface area contributed by atoms with Crippen LogP contribution >= 0.6 is 11.6 Å². The molecule has 0 unspecified atom stereocenters. The van der Waals surface area contributed by atoms with E-state index in [1.165, 1.54) is 12.1 Å². The van der Waals surface area contributed by atoms with Gasteiger partial charge in [0.05, 0.1) is 22.7 Å². The standard InChI is InChI=1S/C13H18ClNO5S/c1-3-13(4-2,8-16)15-21(19,20)11-7-9(12(17)18)5-6-10(11)14/h5-7,15-16H,3-4,8H2,1-2H3,(H,17,18). The molecule has 1 aromatic rings. The molecule has 3 N–H and O–H groups in total. The average molecular weight is 336 g/mol. The van der Waals surface area contributed by atoms with Gasteiger partial charge in [0.1, 0.15) is 4.90 Å². The highest BCUT2D eigenvalue weighted by Crippen LogP contribution is 2.25. The number of aliphatic hydroxyl groups is 1. The number of hydrogen-bond donors (Lipinski definition) is 3. The fourth-order valence-electron chi connectivity index (χ4n) is 1.83. The van der Waals surface area contributed by atoms with Crippen molar-refractivity contribution < 1.29 is 23.4 Å². The molecule has 0 fully saturated rings. The Labute approximate surface area is 128 Å². The molecule has 118 valence electrons. The second-order valence-corrected chi connectivity index (χ2v) is 6.76. The summed E-state index contributed by atoms with van der Waals surface area (Å²) in [4.78, 5) is 10.6. The van der Waals surface area contributed by atoms with Crippen LogP contribution in [-0.2, 0) is 10.0 Å². The van der Waals surface area contributed by atoms with Crippen molar-refractivity contribution in [2.24, 2.45) is 0 Å². The fourth-order valence-corrected chi connectivity index (χ4v) is 3.89. The zero-order valence-electron chi connectivity index (χ0n) is 11.8.